The highest BCUT2D eigenvalue weighted by Gasteiger charge is 2.36. The van der Waals surface area contributed by atoms with Crippen molar-refractivity contribution in [1.82, 2.24) is 9.88 Å². The van der Waals surface area contributed by atoms with Crippen molar-refractivity contribution >= 4 is 34.0 Å². The molecule has 1 aromatic rings. The smallest absolute Gasteiger partial charge is 0.320 e. The number of hydrogen-bond donors (Lipinski definition) is 1. The highest BCUT2D eigenvalue weighted by Crippen LogP contribution is 2.30. The normalized spacial score (nSPS) is 25.2. The van der Waals surface area contributed by atoms with Gasteiger partial charge in [0.15, 0.2) is 5.13 Å². The Morgan fingerprint density at radius 1 is 1.35 bits per heavy atom. The van der Waals surface area contributed by atoms with Gasteiger partial charge in [0.05, 0.1) is 0 Å². The largest absolute Gasteiger partial charge is 0.480 e. The summed E-state index contributed by atoms with van der Waals surface area (Å²) in [5, 5.41) is 12.7. The Bertz CT molecular complexity index is 488. The summed E-state index contributed by atoms with van der Waals surface area (Å²) in [6, 6.07) is 0.117. The van der Waals surface area contributed by atoms with Crippen LogP contribution in [0, 0.1) is 0 Å². The summed E-state index contributed by atoms with van der Waals surface area (Å²) in [5.41, 5.74) is 0. The van der Waals surface area contributed by atoms with Crippen molar-refractivity contribution in [3.05, 3.63) is 10.5 Å². The minimum Gasteiger partial charge on any atom is -0.480 e. The molecule has 110 valence electrons. The van der Waals surface area contributed by atoms with Gasteiger partial charge in [-0.3, -0.25) is 9.69 Å². The third-order valence-corrected chi connectivity index (χ3v) is 5.47. The number of rotatable bonds is 3. The number of carbonyl (C=O) groups is 1. The van der Waals surface area contributed by atoms with Crippen LogP contribution in [-0.4, -0.2) is 52.7 Å². The van der Waals surface area contributed by atoms with E-state index in [0.29, 0.717) is 11.2 Å². The zero-order chi connectivity index (χ0) is 14.1. The maximum absolute atomic E-state index is 11.3. The number of nitrogens with zero attached hydrogens (tertiary/aromatic N) is 3. The van der Waals surface area contributed by atoms with Gasteiger partial charge in [0.2, 0.25) is 0 Å². The van der Waals surface area contributed by atoms with Crippen molar-refractivity contribution in [2.24, 2.45) is 0 Å². The maximum atomic E-state index is 11.3. The molecule has 0 spiro atoms. The first-order chi connectivity index (χ1) is 9.65. The fraction of sp³-hybridized carbons (Fsp3) is 0.692. The van der Waals surface area contributed by atoms with Crippen LogP contribution in [0.25, 0.3) is 0 Å². The Kier molecular flexibility index (Phi) is 4.14. The molecule has 7 heteroatoms. The Morgan fingerprint density at radius 2 is 2.10 bits per heavy atom. The minimum atomic E-state index is -0.670. The SMILES string of the molecule is O=C(O)C1CCCN1C1CCN(c2nc(Cl)cs2)CC1. The number of aliphatic carboxylic acids is 1. The van der Waals surface area contributed by atoms with Crippen molar-refractivity contribution in [2.75, 3.05) is 24.5 Å². The van der Waals surface area contributed by atoms with Crippen molar-refractivity contribution in [3.8, 4) is 0 Å². The van der Waals surface area contributed by atoms with E-state index in [2.05, 4.69) is 14.8 Å². The number of halogens is 1. The summed E-state index contributed by atoms with van der Waals surface area (Å²) in [6.07, 6.45) is 3.79. The van der Waals surface area contributed by atoms with Crippen LogP contribution in [0.2, 0.25) is 5.15 Å². The first kappa shape index (κ1) is 14.1. The Hall–Kier alpha value is -0.850. The third kappa shape index (κ3) is 2.77. The highest BCUT2D eigenvalue weighted by atomic mass is 35.5. The van der Waals surface area contributed by atoms with Crippen molar-refractivity contribution in [3.63, 3.8) is 0 Å². The van der Waals surface area contributed by atoms with Crippen LogP contribution < -0.4 is 4.90 Å². The summed E-state index contributed by atoms with van der Waals surface area (Å²) in [5.74, 6) is -0.670. The molecular weight excluding hydrogens is 298 g/mol. The Morgan fingerprint density at radius 3 is 2.70 bits per heavy atom. The first-order valence-corrected chi connectivity index (χ1v) is 8.25. The molecule has 5 nitrogen and oxygen atoms in total. The number of carboxylic acid groups (broad SMARTS) is 1. The van der Waals surface area contributed by atoms with E-state index in [9.17, 15) is 9.90 Å². The first-order valence-electron chi connectivity index (χ1n) is 6.99. The molecule has 1 N–H and O–H groups in total. The van der Waals surface area contributed by atoms with Gasteiger partial charge in [0.1, 0.15) is 11.2 Å². The third-order valence-electron chi connectivity index (χ3n) is 4.25. The number of carboxylic acids is 1. The molecule has 20 heavy (non-hydrogen) atoms. The second-order valence-corrected chi connectivity index (χ2v) is 6.63. The van der Waals surface area contributed by atoms with Crippen LogP contribution in [0.5, 0.6) is 0 Å². The average Bonchev–Trinajstić information content (AvgIpc) is 3.07. The van der Waals surface area contributed by atoms with Gasteiger partial charge < -0.3 is 10.0 Å². The fourth-order valence-corrected chi connectivity index (χ4v) is 4.27. The molecule has 0 amide bonds. The van der Waals surface area contributed by atoms with Crippen LogP contribution in [0.4, 0.5) is 5.13 Å². The van der Waals surface area contributed by atoms with Crippen LogP contribution in [0.15, 0.2) is 5.38 Å². The Balaban J connectivity index is 1.59. The zero-order valence-corrected chi connectivity index (χ0v) is 12.7. The van der Waals surface area contributed by atoms with Crippen molar-refractivity contribution in [1.29, 1.82) is 0 Å². The van der Waals surface area contributed by atoms with E-state index in [1.54, 1.807) is 11.3 Å². The average molecular weight is 316 g/mol. The number of aromatic nitrogens is 1. The maximum Gasteiger partial charge on any atom is 0.320 e. The summed E-state index contributed by atoms with van der Waals surface area (Å²) >= 11 is 7.44. The molecule has 2 aliphatic heterocycles. The molecule has 2 fully saturated rings. The number of anilines is 1. The quantitative estimate of drug-likeness (QED) is 0.927. The van der Waals surface area contributed by atoms with Crippen LogP contribution >= 0.6 is 22.9 Å². The molecule has 0 aromatic carbocycles. The standard InChI is InChI=1S/C13H18ClN3O2S/c14-11-8-20-13(15-11)16-6-3-9(4-7-16)17-5-1-2-10(17)12(18)19/h8-10H,1-7H2,(H,18,19). The Labute approximate surface area is 127 Å². The van der Waals surface area contributed by atoms with Gasteiger partial charge in [0, 0.05) is 24.5 Å². The molecule has 3 rings (SSSR count). The lowest BCUT2D eigenvalue weighted by Gasteiger charge is -2.38. The topological polar surface area (TPSA) is 56.7 Å². The second-order valence-electron chi connectivity index (χ2n) is 5.41. The lowest BCUT2D eigenvalue weighted by Crippen LogP contribution is -2.48. The van der Waals surface area contributed by atoms with E-state index in [1.807, 2.05) is 5.38 Å². The highest BCUT2D eigenvalue weighted by molar-refractivity contribution is 7.14. The summed E-state index contributed by atoms with van der Waals surface area (Å²) < 4.78 is 0. The lowest BCUT2D eigenvalue weighted by molar-refractivity contribution is -0.143. The number of hydrogen-bond acceptors (Lipinski definition) is 5. The van der Waals surface area contributed by atoms with Gasteiger partial charge in [-0.1, -0.05) is 11.6 Å². The van der Waals surface area contributed by atoms with Crippen LogP contribution in [0.3, 0.4) is 0 Å². The summed E-state index contributed by atoms with van der Waals surface area (Å²) in [6.45, 7) is 2.78. The predicted octanol–water partition coefficient (Wildman–Crippen LogP) is 2.31. The molecule has 1 aromatic heterocycles. The fourth-order valence-electron chi connectivity index (χ4n) is 3.27. The van der Waals surface area contributed by atoms with E-state index in [-0.39, 0.29) is 6.04 Å². The van der Waals surface area contributed by atoms with Gasteiger partial charge >= 0.3 is 5.97 Å². The summed E-state index contributed by atoms with van der Waals surface area (Å²) in [7, 11) is 0. The van der Waals surface area contributed by atoms with Gasteiger partial charge in [-0.05, 0) is 32.2 Å². The van der Waals surface area contributed by atoms with Gasteiger partial charge in [0.25, 0.3) is 0 Å². The number of likely N-dealkylation sites (tertiary alicyclic amines) is 1. The summed E-state index contributed by atoms with van der Waals surface area (Å²) in [4.78, 5) is 20.0. The van der Waals surface area contributed by atoms with E-state index in [0.717, 1.165) is 50.4 Å². The molecule has 0 saturated carbocycles. The molecule has 2 saturated heterocycles. The molecule has 1 unspecified atom stereocenters. The minimum absolute atomic E-state index is 0.277. The predicted molar refractivity (Wildman–Crippen MR) is 79.7 cm³/mol. The zero-order valence-electron chi connectivity index (χ0n) is 11.2. The van der Waals surface area contributed by atoms with Gasteiger partial charge in [-0.15, -0.1) is 11.3 Å². The van der Waals surface area contributed by atoms with Crippen LogP contribution in [0.1, 0.15) is 25.7 Å². The van der Waals surface area contributed by atoms with E-state index >= 15 is 0 Å². The van der Waals surface area contributed by atoms with Crippen molar-refractivity contribution in [2.45, 2.75) is 37.8 Å². The lowest BCUT2D eigenvalue weighted by atomic mass is 10.0. The van der Waals surface area contributed by atoms with Crippen LogP contribution in [-0.2, 0) is 4.79 Å². The van der Waals surface area contributed by atoms with E-state index in [1.165, 1.54) is 0 Å². The molecular formula is C13H18ClN3O2S. The number of piperidine rings is 1. The van der Waals surface area contributed by atoms with Gasteiger partial charge in [-0.2, -0.15) is 0 Å². The molecule has 0 aliphatic carbocycles. The molecule has 0 radical (unpaired) electrons. The molecule has 2 aliphatic rings. The van der Waals surface area contributed by atoms with E-state index < -0.39 is 5.97 Å². The number of thiazole rings is 1. The van der Waals surface area contributed by atoms with E-state index in [4.69, 9.17) is 11.6 Å². The molecule has 3 heterocycles. The molecule has 1 atom stereocenters. The molecule has 0 bridgehead atoms. The van der Waals surface area contributed by atoms with Gasteiger partial charge in [-0.25, -0.2) is 4.98 Å². The van der Waals surface area contributed by atoms with Crippen molar-refractivity contribution < 1.29 is 9.90 Å². The second kappa shape index (κ2) is 5.87. The monoisotopic (exact) mass is 315 g/mol.